The predicted molar refractivity (Wildman–Crippen MR) is 85.5 cm³/mol. The van der Waals surface area contributed by atoms with Gasteiger partial charge in [0.1, 0.15) is 5.75 Å². The lowest BCUT2D eigenvalue weighted by Gasteiger charge is -2.10. The molecule has 0 atom stereocenters. The molecule has 3 N–H and O–H groups in total. The lowest BCUT2D eigenvalue weighted by molar-refractivity contribution is -0.118. The number of benzene rings is 2. The van der Waals surface area contributed by atoms with Crippen molar-refractivity contribution in [1.82, 2.24) is 0 Å². The van der Waals surface area contributed by atoms with Crippen LogP contribution >= 0.6 is 23.2 Å². The van der Waals surface area contributed by atoms with E-state index in [0.29, 0.717) is 21.5 Å². The second-order valence-electron chi connectivity index (χ2n) is 4.32. The number of ether oxygens (including phenoxy) is 1. The van der Waals surface area contributed by atoms with Gasteiger partial charge in [-0.1, -0.05) is 35.3 Å². The first-order chi connectivity index (χ1) is 10.5. The number of amides is 2. The number of carbonyl (C=O) groups is 2. The molecule has 22 heavy (non-hydrogen) atoms. The smallest absolute Gasteiger partial charge is 0.262 e. The molecule has 0 aliphatic rings. The van der Waals surface area contributed by atoms with Crippen LogP contribution in [0.4, 0.5) is 5.69 Å². The summed E-state index contributed by atoms with van der Waals surface area (Å²) in [5.41, 5.74) is 5.80. The summed E-state index contributed by atoms with van der Waals surface area (Å²) >= 11 is 11.6. The standard InChI is InChI=1S/C15H12Cl2N2O3/c16-11-6-5-9(7-12(11)17)22-8-14(20)19-13-4-2-1-3-10(13)15(18)21/h1-7H,8H2,(H2,18,21)(H,19,20). The minimum atomic E-state index is -0.624. The van der Waals surface area contributed by atoms with Crippen LogP contribution in [0.1, 0.15) is 10.4 Å². The summed E-state index contributed by atoms with van der Waals surface area (Å²) in [7, 11) is 0. The lowest BCUT2D eigenvalue weighted by atomic mass is 10.1. The highest BCUT2D eigenvalue weighted by Gasteiger charge is 2.11. The molecule has 2 aromatic rings. The largest absolute Gasteiger partial charge is 0.484 e. The second kappa shape index (κ2) is 7.15. The van der Waals surface area contributed by atoms with E-state index in [1.165, 1.54) is 12.1 Å². The van der Waals surface area contributed by atoms with E-state index in [0.717, 1.165) is 0 Å². The molecule has 0 bridgehead atoms. The van der Waals surface area contributed by atoms with E-state index in [1.54, 1.807) is 30.3 Å². The normalized spacial score (nSPS) is 10.1. The fourth-order valence-corrected chi connectivity index (χ4v) is 2.00. The molecule has 7 heteroatoms. The molecule has 0 heterocycles. The Kier molecular flexibility index (Phi) is 5.25. The third kappa shape index (κ3) is 4.13. The number of nitrogens with two attached hydrogens (primary N) is 1. The molecule has 0 saturated carbocycles. The number of carbonyl (C=O) groups excluding carboxylic acids is 2. The molecule has 5 nitrogen and oxygen atoms in total. The van der Waals surface area contributed by atoms with Gasteiger partial charge in [0.15, 0.2) is 6.61 Å². The van der Waals surface area contributed by atoms with Crippen molar-refractivity contribution in [3.05, 3.63) is 58.1 Å². The topological polar surface area (TPSA) is 81.4 Å². The Bertz CT molecular complexity index is 720. The first-order valence-corrected chi connectivity index (χ1v) is 6.99. The number of halogens is 2. The third-order valence-corrected chi connectivity index (χ3v) is 3.47. The van der Waals surface area contributed by atoms with Crippen molar-refractivity contribution in [1.29, 1.82) is 0 Å². The molecule has 2 rings (SSSR count). The molecule has 114 valence electrons. The first kappa shape index (κ1) is 16.1. The van der Waals surface area contributed by atoms with E-state index in [2.05, 4.69) is 5.32 Å². The van der Waals surface area contributed by atoms with Crippen molar-refractivity contribution in [2.45, 2.75) is 0 Å². The van der Waals surface area contributed by atoms with Gasteiger partial charge in [-0.25, -0.2) is 0 Å². The van der Waals surface area contributed by atoms with Crippen molar-refractivity contribution >= 4 is 40.7 Å². The highest BCUT2D eigenvalue weighted by atomic mass is 35.5. The zero-order valence-electron chi connectivity index (χ0n) is 11.3. The average Bonchev–Trinajstić information content (AvgIpc) is 2.49. The van der Waals surface area contributed by atoms with E-state index >= 15 is 0 Å². The summed E-state index contributed by atoms with van der Waals surface area (Å²) in [6, 6.07) is 11.1. The van der Waals surface area contributed by atoms with Gasteiger partial charge in [-0.05, 0) is 24.3 Å². The minimum Gasteiger partial charge on any atom is -0.484 e. The van der Waals surface area contributed by atoms with E-state index in [1.807, 2.05) is 0 Å². The Labute approximate surface area is 137 Å². The SMILES string of the molecule is NC(=O)c1ccccc1NC(=O)COc1ccc(Cl)c(Cl)c1. The van der Waals surface area contributed by atoms with E-state index in [9.17, 15) is 9.59 Å². The molecule has 2 amide bonds. The van der Waals surface area contributed by atoms with Crippen molar-refractivity contribution in [3.8, 4) is 5.75 Å². The number of hydrogen-bond acceptors (Lipinski definition) is 3. The van der Waals surface area contributed by atoms with Crippen LogP contribution in [0.2, 0.25) is 10.0 Å². The summed E-state index contributed by atoms with van der Waals surface area (Å²) in [4.78, 5) is 23.1. The molecule has 0 unspecified atom stereocenters. The fraction of sp³-hybridized carbons (Fsp3) is 0.0667. The predicted octanol–water partition coefficient (Wildman–Crippen LogP) is 3.11. The Morgan fingerprint density at radius 1 is 1.09 bits per heavy atom. The maximum atomic E-state index is 11.9. The van der Waals surface area contributed by atoms with Crippen LogP contribution in [0.15, 0.2) is 42.5 Å². The molecule has 2 aromatic carbocycles. The molecule has 0 saturated heterocycles. The van der Waals surface area contributed by atoms with Gasteiger partial charge in [0.05, 0.1) is 21.3 Å². The van der Waals surface area contributed by atoms with Gasteiger partial charge < -0.3 is 15.8 Å². The Morgan fingerprint density at radius 3 is 2.50 bits per heavy atom. The molecule has 0 aliphatic carbocycles. The Morgan fingerprint density at radius 2 is 1.82 bits per heavy atom. The zero-order chi connectivity index (χ0) is 16.1. The summed E-state index contributed by atoms with van der Waals surface area (Å²) in [6.07, 6.45) is 0. The molecule has 0 aromatic heterocycles. The summed E-state index contributed by atoms with van der Waals surface area (Å²) in [5.74, 6) is -0.645. The van der Waals surface area contributed by atoms with Crippen LogP contribution in [0.3, 0.4) is 0 Å². The van der Waals surface area contributed by atoms with Crippen molar-refractivity contribution in [2.24, 2.45) is 5.73 Å². The number of para-hydroxylation sites is 1. The maximum absolute atomic E-state index is 11.9. The third-order valence-electron chi connectivity index (χ3n) is 2.73. The number of hydrogen-bond donors (Lipinski definition) is 2. The van der Waals surface area contributed by atoms with Crippen LogP contribution in [0, 0.1) is 0 Å². The van der Waals surface area contributed by atoms with Crippen molar-refractivity contribution in [2.75, 3.05) is 11.9 Å². The minimum absolute atomic E-state index is 0.227. The van der Waals surface area contributed by atoms with Gasteiger partial charge in [0.2, 0.25) is 0 Å². The van der Waals surface area contributed by atoms with Gasteiger partial charge in [-0.3, -0.25) is 9.59 Å². The van der Waals surface area contributed by atoms with Gasteiger partial charge in [0.25, 0.3) is 11.8 Å². The molecule has 0 spiro atoms. The van der Waals surface area contributed by atoms with E-state index in [-0.39, 0.29) is 12.2 Å². The van der Waals surface area contributed by atoms with E-state index in [4.69, 9.17) is 33.7 Å². The molecular weight excluding hydrogens is 327 g/mol. The second-order valence-corrected chi connectivity index (χ2v) is 5.14. The number of primary amides is 1. The Balaban J connectivity index is 1.99. The monoisotopic (exact) mass is 338 g/mol. The van der Waals surface area contributed by atoms with Crippen LogP contribution in [-0.4, -0.2) is 18.4 Å². The van der Waals surface area contributed by atoms with Crippen LogP contribution < -0.4 is 15.8 Å². The van der Waals surface area contributed by atoms with Crippen molar-refractivity contribution in [3.63, 3.8) is 0 Å². The number of rotatable bonds is 5. The first-order valence-electron chi connectivity index (χ1n) is 6.24. The van der Waals surface area contributed by atoms with Crippen LogP contribution in [0.25, 0.3) is 0 Å². The van der Waals surface area contributed by atoms with Gasteiger partial charge >= 0.3 is 0 Å². The van der Waals surface area contributed by atoms with Crippen LogP contribution in [-0.2, 0) is 4.79 Å². The highest BCUT2D eigenvalue weighted by molar-refractivity contribution is 6.42. The zero-order valence-corrected chi connectivity index (χ0v) is 12.8. The highest BCUT2D eigenvalue weighted by Crippen LogP contribution is 2.26. The molecule has 0 radical (unpaired) electrons. The molecule has 0 aliphatic heterocycles. The van der Waals surface area contributed by atoms with E-state index < -0.39 is 11.8 Å². The fourth-order valence-electron chi connectivity index (χ4n) is 1.71. The lowest BCUT2D eigenvalue weighted by Crippen LogP contribution is -2.22. The van der Waals surface area contributed by atoms with Crippen LogP contribution in [0.5, 0.6) is 5.75 Å². The number of nitrogens with one attached hydrogen (secondary N) is 1. The summed E-state index contributed by atoms with van der Waals surface area (Å²) in [5, 5.41) is 3.29. The molecule has 0 fully saturated rings. The van der Waals surface area contributed by atoms with Gasteiger partial charge in [0, 0.05) is 6.07 Å². The van der Waals surface area contributed by atoms with Gasteiger partial charge in [-0.2, -0.15) is 0 Å². The summed E-state index contributed by atoms with van der Waals surface area (Å²) < 4.78 is 5.30. The summed E-state index contributed by atoms with van der Waals surface area (Å²) in [6.45, 7) is -0.245. The Hall–Kier alpha value is -2.24. The van der Waals surface area contributed by atoms with Crippen molar-refractivity contribution < 1.29 is 14.3 Å². The van der Waals surface area contributed by atoms with Gasteiger partial charge in [-0.15, -0.1) is 0 Å². The average molecular weight is 339 g/mol. The molecular formula is C15H12Cl2N2O3. The number of anilines is 1. The quantitative estimate of drug-likeness (QED) is 0.878. The maximum Gasteiger partial charge on any atom is 0.262 e.